The van der Waals surface area contributed by atoms with E-state index in [1.165, 1.54) is 6.33 Å². The van der Waals surface area contributed by atoms with Gasteiger partial charge in [0.15, 0.2) is 6.10 Å². The maximum atomic E-state index is 12.2. The molecule has 0 spiro atoms. The van der Waals surface area contributed by atoms with Crippen LogP contribution in [0.25, 0.3) is 0 Å². The fraction of sp³-hybridized carbons (Fsp3) is 0.333. The minimum Gasteiger partial charge on any atom is -0.365 e. The van der Waals surface area contributed by atoms with Crippen molar-refractivity contribution in [3.05, 3.63) is 48.8 Å². The Bertz CT molecular complexity index is 608. The Hall–Kier alpha value is -2.54. The first-order valence-electron chi connectivity index (χ1n) is 7.11. The van der Waals surface area contributed by atoms with Crippen LogP contribution in [0.1, 0.15) is 5.56 Å². The van der Waals surface area contributed by atoms with Crippen molar-refractivity contribution < 1.29 is 9.53 Å². The van der Waals surface area contributed by atoms with Gasteiger partial charge in [0, 0.05) is 25.5 Å². The van der Waals surface area contributed by atoms with Crippen molar-refractivity contribution in [3.8, 4) is 0 Å². The summed E-state index contributed by atoms with van der Waals surface area (Å²) in [7, 11) is 0. The Balaban J connectivity index is 1.56. The summed E-state index contributed by atoms with van der Waals surface area (Å²) in [6, 6.07) is 3.76. The van der Waals surface area contributed by atoms with Crippen molar-refractivity contribution in [1.29, 1.82) is 0 Å². The highest BCUT2D eigenvalue weighted by Crippen LogP contribution is 2.15. The molecular weight excluding hydrogens is 282 g/mol. The Labute approximate surface area is 128 Å². The molecule has 22 heavy (non-hydrogen) atoms. The Morgan fingerprint density at radius 1 is 1.32 bits per heavy atom. The lowest BCUT2D eigenvalue weighted by Crippen LogP contribution is -2.49. The van der Waals surface area contributed by atoms with Crippen LogP contribution < -0.4 is 10.2 Å². The number of hydrogen-bond donors (Lipinski definition) is 1. The normalized spacial score (nSPS) is 18.0. The second-order valence-corrected chi connectivity index (χ2v) is 4.98. The number of hydrogen-bond acceptors (Lipinski definition) is 6. The molecular formula is C15H17N5O2. The van der Waals surface area contributed by atoms with E-state index in [0.29, 0.717) is 19.7 Å². The number of morpholine rings is 1. The predicted octanol–water partition coefficient (Wildman–Crippen LogP) is 0.393. The summed E-state index contributed by atoms with van der Waals surface area (Å²) in [5, 5.41) is 2.88. The molecule has 0 aromatic carbocycles. The molecule has 7 nitrogen and oxygen atoms in total. The van der Waals surface area contributed by atoms with Crippen molar-refractivity contribution in [1.82, 2.24) is 20.3 Å². The second-order valence-electron chi connectivity index (χ2n) is 4.98. The molecule has 114 valence electrons. The molecule has 0 unspecified atom stereocenters. The van der Waals surface area contributed by atoms with Crippen molar-refractivity contribution in [2.45, 2.75) is 12.6 Å². The summed E-state index contributed by atoms with van der Waals surface area (Å²) in [5.41, 5.74) is 1.86. The monoisotopic (exact) mass is 299 g/mol. The van der Waals surface area contributed by atoms with E-state index in [2.05, 4.69) is 25.2 Å². The number of nitrogens with one attached hydrogen (secondary N) is 1. The Kier molecular flexibility index (Phi) is 4.55. The standard InChI is InChI=1S/C15H17N5O2/c21-15(19-7-12-2-1-3-16-6-12)14-10-20(4-5-22-14)13-8-17-11-18-9-13/h1-3,6,8-9,11,14H,4-5,7,10H2,(H,19,21)/t14-/m0/s1. The molecule has 1 atom stereocenters. The molecule has 0 saturated carbocycles. The Morgan fingerprint density at radius 2 is 2.18 bits per heavy atom. The fourth-order valence-corrected chi connectivity index (χ4v) is 2.30. The number of amides is 1. The Morgan fingerprint density at radius 3 is 2.95 bits per heavy atom. The summed E-state index contributed by atoms with van der Waals surface area (Å²) < 4.78 is 5.57. The SMILES string of the molecule is O=C(NCc1cccnc1)[C@@H]1CN(c2cncnc2)CCO1. The molecule has 0 bridgehead atoms. The highest BCUT2D eigenvalue weighted by Gasteiger charge is 2.26. The van der Waals surface area contributed by atoms with E-state index in [4.69, 9.17) is 4.74 Å². The molecule has 2 aromatic heterocycles. The van der Waals surface area contributed by atoms with Crippen LogP contribution in [0.2, 0.25) is 0 Å². The molecule has 7 heteroatoms. The van der Waals surface area contributed by atoms with E-state index in [1.54, 1.807) is 24.8 Å². The molecule has 3 rings (SSSR count). The third kappa shape index (κ3) is 3.56. The van der Waals surface area contributed by atoms with Crippen LogP contribution in [0, 0.1) is 0 Å². The molecule has 1 saturated heterocycles. The quantitative estimate of drug-likeness (QED) is 0.880. The zero-order chi connectivity index (χ0) is 15.2. The van der Waals surface area contributed by atoms with Crippen molar-refractivity contribution in [2.24, 2.45) is 0 Å². The van der Waals surface area contributed by atoms with E-state index in [9.17, 15) is 4.79 Å². The molecule has 1 amide bonds. The topological polar surface area (TPSA) is 80.2 Å². The van der Waals surface area contributed by atoms with Crippen LogP contribution in [0.4, 0.5) is 5.69 Å². The highest BCUT2D eigenvalue weighted by molar-refractivity contribution is 5.81. The second kappa shape index (κ2) is 6.95. The molecule has 1 fully saturated rings. The predicted molar refractivity (Wildman–Crippen MR) is 80.1 cm³/mol. The number of carbonyl (C=O) groups excluding carboxylic acids is 1. The summed E-state index contributed by atoms with van der Waals surface area (Å²) in [4.78, 5) is 26.3. The third-order valence-electron chi connectivity index (χ3n) is 3.46. The maximum absolute atomic E-state index is 12.2. The van der Waals surface area contributed by atoms with Gasteiger partial charge in [0.25, 0.3) is 5.91 Å². The van der Waals surface area contributed by atoms with Gasteiger partial charge in [-0.2, -0.15) is 0 Å². The van der Waals surface area contributed by atoms with E-state index in [1.807, 2.05) is 12.1 Å². The average molecular weight is 299 g/mol. The lowest BCUT2D eigenvalue weighted by molar-refractivity contribution is -0.133. The zero-order valence-electron chi connectivity index (χ0n) is 12.1. The molecule has 1 N–H and O–H groups in total. The molecule has 3 heterocycles. The number of carbonyl (C=O) groups is 1. The van der Waals surface area contributed by atoms with Crippen molar-refractivity contribution >= 4 is 11.6 Å². The maximum Gasteiger partial charge on any atom is 0.251 e. The summed E-state index contributed by atoms with van der Waals surface area (Å²) in [6.07, 6.45) is 7.91. The van der Waals surface area contributed by atoms with E-state index in [0.717, 1.165) is 17.8 Å². The third-order valence-corrected chi connectivity index (χ3v) is 3.46. The van der Waals surface area contributed by atoms with Gasteiger partial charge in [-0.3, -0.25) is 9.78 Å². The number of aromatic nitrogens is 3. The van der Waals surface area contributed by atoms with Gasteiger partial charge >= 0.3 is 0 Å². The number of pyridine rings is 1. The number of nitrogens with zero attached hydrogens (tertiary/aromatic N) is 4. The van der Waals surface area contributed by atoms with Crippen LogP contribution in [0.3, 0.4) is 0 Å². The van der Waals surface area contributed by atoms with Crippen LogP contribution in [-0.2, 0) is 16.1 Å². The minimum atomic E-state index is -0.495. The molecule has 1 aliphatic rings. The first kappa shape index (κ1) is 14.4. The number of rotatable bonds is 4. The van der Waals surface area contributed by atoms with Gasteiger partial charge in [-0.25, -0.2) is 9.97 Å². The summed E-state index contributed by atoms with van der Waals surface area (Å²) >= 11 is 0. The first-order chi connectivity index (χ1) is 10.8. The molecule has 0 aliphatic carbocycles. The average Bonchev–Trinajstić information content (AvgIpc) is 2.61. The van der Waals surface area contributed by atoms with Gasteiger partial charge in [-0.05, 0) is 11.6 Å². The lowest BCUT2D eigenvalue weighted by atomic mass is 10.2. The highest BCUT2D eigenvalue weighted by atomic mass is 16.5. The zero-order valence-corrected chi connectivity index (χ0v) is 12.1. The van der Waals surface area contributed by atoms with Gasteiger partial charge < -0.3 is 15.0 Å². The van der Waals surface area contributed by atoms with Gasteiger partial charge in [-0.15, -0.1) is 0 Å². The lowest BCUT2D eigenvalue weighted by Gasteiger charge is -2.33. The van der Waals surface area contributed by atoms with Crippen LogP contribution in [0.15, 0.2) is 43.2 Å². The molecule has 0 radical (unpaired) electrons. The van der Waals surface area contributed by atoms with E-state index in [-0.39, 0.29) is 5.91 Å². The van der Waals surface area contributed by atoms with Crippen LogP contribution >= 0.6 is 0 Å². The summed E-state index contributed by atoms with van der Waals surface area (Å²) in [5.74, 6) is -0.120. The number of ether oxygens (including phenoxy) is 1. The van der Waals surface area contributed by atoms with Crippen LogP contribution in [-0.4, -0.2) is 46.7 Å². The molecule has 2 aromatic rings. The van der Waals surface area contributed by atoms with Crippen molar-refractivity contribution in [3.63, 3.8) is 0 Å². The van der Waals surface area contributed by atoms with Crippen LogP contribution in [0.5, 0.6) is 0 Å². The largest absolute Gasteiger partial charge is 0.365 e. The van der Waals surface area contributed by atoms with Gasteiger partial charge in [0.05, 0.1) is 31.2 Å². The number of anilines is 1. The van der Waals surface area contributed by atoms with Gasteiger partial charge in [0.2, 0.25) is 0 Å². The van der Waals surface area contributed by atoms with Crippen molar-refractivity contribution in [2.75, 3.05) is 24.6 Å². The van der Waals surface area contributed by atoms with E-state index < -0.39 is 6.10 Å². The smallest absolute Gasteiger partial charge is 0.251 e. The van der Waals surface area contributed by atoms with Gasteiger partial charge in [0.1, 0.15) is 6.33 Å². The summed E-state index contributed by atoms with van der Waals surface area (Å²) in [6.45, 7) is 2.16. The fourth-order valence-electron chi connectivity index (χ4n) is 2.30. The van der Waals surface area contributed by atoms with Gasteiger partial charge in [-0.1, -0.05) is 6.07 Å². The first-order valence-corrected chi connectivity index (χ1v) is 7.11. The van der Waals surface area contributed by atoms with E-state index >= 15 is 0 Å². The molecule has 1 aliphatic heterocycles. The minimum absolute atomic E-state index is 0.120.